The van der Waals surface area contributed by atoms with Gasteiger partial charge in [-0.25, -0.2) is 0 Å². The van der Waals surface area contributed by atoms with Gasteiger partial charge in [0.2, 0.25) is 0 Å². The van der Waals surface area contributed by atoms with E-state index in [0.29, 0.717) is 18.0 Å². The Morgan fingerprint density at radius 3 is 2.43 bits per heavy atom. The molecule has 0 atom stereocenters. The van der Waals surface area contributed by atoms with Crippen LogP contribution in [0.5, 0.6) is 0 Å². The van der Waals surface area contributed by atoms with Gasteiger partial charge >= 0.3 is 0 Å². The van der Waals surface area contributed by atoms with Crippen molar-refractivity contribution in [3.63, 3.8) is 0 Å². The van der Waals surface area contributed by atoms with Crippen molar-refractivity contribution in [1.82, 2.24) is 10.5 Å². The van der Waals surface area contributed by atoms with Crippen LogP contribution in [0.15, 0.2) is 34.9 Å². The van der Waals surface area contributed by atoms with Gasteiger partial charge < -0.3 is 9.84 Å². The van der Waals surface area contributed by atoms with Crippen LogP contribution >= 0.6 is 0 Å². The number of nitrogens with one attached hydrogen (secondary N) is 1. The fraction of sp³-hybridized carbons (Fsp3) is 0.412. The molecule has 0 aliphatic heterocycles. The number of hydrogen-bond donors (Lipinski definition) is 1. The van der Waals surface area contributed by atoms with Crippen LogP contribution < -0.4 is 5.32 Å². The largest absolute Gasteiger partial charge is 0.361 e. The van der Waals surface area contributed by atoms with Gasteiger partial charge in [-0.05, 0) is 29.9 Å². The maximum atomic E-state index is 11.8. The van der Waals surface area contributed by atoms with Gasteiger partial charge in [0.25, 0.3) is 5.91 Å². The third kappa shape index (κ3) is 4.18. The standard InChI is InChI=1S/C17H22N2O2/c1-12-11-15(19-21-12)16(20)18-10-9-13-5-7-14(8-6-13)17(2,3)4/h5-8,11H,9-10H2,1-4H3,(H,18,20). The zero-order valence-electron chi connectivity index (χ0n) is 13.1. The van der Waals surface area contributed by atoms with Crippen LogP contribution in [0, 0.1) is 6.92 Å². The molecule has 1 aromatic heterocycles. The Morgan fingerprint density at radius 1 is 1.24 bits per heavy atom. The molecule has 1 heterocycles. The number of hydrogen-bond acceptors (Lipinski definition) is 3. The molecule has 0 fully saturated rings. The first-order valence-corrected chi connectivity index (χ1v) is 7.17. The predicted molar refractivity (Wildman–Crippen MR) is 82.4 cm³/mol. The average Bonchev–Trinajstić information content (AvgIpc) is 2.85. The normalized spacial score (nSPS) is 11.4. The molecule has 0 spiro atoms. The smallest absolute Gasteiger partial charge is 0.273 e. The number of rotatable bonds is 4. The second kappa shape index (κ2) is 6.12. The molecule has 2 aromatic rings. The quantitative estimate of drug-likeness (QED) is 0.938. The fourth-order valence-electron chi connectivity index (χ4n) is 2.06. The molecule has 4 heteroatoms. The summed E-state index contributed by atoms with van der Waals surface area (Å²) < 4.78 is 4.88. The van der Waals surface area contributed by atoms with Crippen molar-refractivity contribution < 1.29 is 9.32 Å². The Bertz CT molecular complexity index is 606. The molecule has 2 rings (SSSR count). The molecule has 4 nitrogen and oxygen atoms in total. The molecule has 21 heavy (non-hydrogen) atoms. The molecule has 0 saturated heterocycles. The number of carbonyl (C=O) groups is 1. The number of benzene rings is 1. The van der Waals surface area contributed by atoms with Crippen LogP contribution in [0.25, 0.3) is 0 Å². The summed E-state index contributed by atoms with van der Waals surface area (Å²) in [5.41, 5.74) is 3.01. The van der Waals surface area contributed by atoms with Crippen molar-refractivity contribution in [3.05, 3.63) is 52.9 Å². The summed E-state index contributed by atoms with van der Waals surface area (Å²) in [4.78, 5) is 11.8. The van der Waals surface area contributed by atoms with Gasteiger partial charge in [-0.3, -0.25) is 4.79 Å². The van der Waals surface area contributed by atoms with Crippen LogP contribution in [0.2, 0.25) is 0 Å². The number of amides is 1. The highest BCUT2D eigenvalue weighted by atomic mass is 16.5. The Morgan fingerprint density at radius 2 is 1.90 bits per heavy atom. The minimum atomic E-state index is -0.196. The molecule has 0 radical (unpaired) electrons. The maximum absolute atomic E-state index is 11.8. The van der Waals surface area contributed by atoms with E-state index in [-0.39, 0.29) is 11.3 Å². The summed E-state index contributed by atoms with van der Waals surface area (Å²) in [6.07, 6.45) is 0.799. The second-order valence-electron chi connectivity index (χ2n) is 6.28. The average molecular weight is 286 g/mol. The van der Waals surface area contributed by atoms with E-state index >= 15 is 0 Å². The lowest BCUT2D eigenvalue weighted by molar-refractivity contribution is 0.0945. The van der Waals surface area contributed by atoms with Crippen molar-refractivity contribution in [2.24, 2.45) is 0 Å². The molecular weight excluding hydrogens is 264 g/mol. The van der Waals surface area contributed by atoms with Crippen LogP contribution in [-0.2, 0) is 11.8 Å². The van der Waals surface area contributed by atoms with E-state index in [1.807, 2.05) is 0 Å². The van der Waals surface area contributed by atoms with Crippen LogP contribution in [0.1, 0.15) is 48.1 Å². The Kier molecular flexibility index (Phi) is 4.46. The van der Waals surface area contributed by atoms with Crippen molar-refractivity contribution in [1.29, 1.82) is 0 Å². The van der Waals surface area contributed by atoms with Gasteiger partial charge in [0, 0.05) is 12.6 Å². The zero-order chi connectivity index (χ0) is 15.5. The third-order valence-electron chi connectivity index (χ3n) is 3.38. The van der Waals surface area contributed by atoms with E-state index in [4.69, 9.17) is 4.52 Å². The summed E-state index contributed by atoms with van der Waals surface area (Å²) in [7, 11) is 0. The molecule has 1 N–H and O–H groups in total. The molecule has 0 bridgehead atoms. The van der Waals surface area contributed by atoms with Gasteiger partial charge in [-0.2, -0.15) is 0 Å². The number of aromatic nitrogens is 1. The summed E-state index contributed by atoms with van der Waals surface area (Å²) in [6, 6.07) is 10.2. The number of aryl methyl sites for hydroxylation is 1. The van der Waals surface area contributed by atoms with Crippen molar-refractivity contribution in [3.8, 4) is 0 Å². The summed E-state index contributed by atoms with van der Waals surface area (Å²) in [6.45, 7) is 8.94. The molecule has 0 aliphatic rings. The van der Waals surface area contributed by atoms with E-state index in [2.05, 4.69) is 55.5 Å². The number of nitrogens with zero attached hydrogens (tertiary/aromatic N) is 1. The molecule has 0 unspecified atom stereocenters. The first-order valence-electron chi connectivity index (χ1n) is 7.17. The summed E-state index contributed by atoms with van der Waals surface area (Å²) in [5.74, 6) is 0.441. The van der Waals surface area contributed by atoms with E-state index in [0.717, 1.165) is 6.42 Å². The summed E-state index contributed by atoms with van der Waals surface area (Å²) in [5, 5.41) is 6.54. The highest BCUT2D eigenvalue weighted by Gasteiger charge is 2.13. The van der Waals surface area contributed by atoms with Gasteiger partial charge in [0.15, 0.2) is 5.69 Å². The molecule has 1 amide bonds. The third-order valence-corrected chi connectivity index (χ3v) is 3.38. The lowest BCUT2D eigenvalue weighted by atomic mass is 9.86. The van der Waals surface area contributed by atoms with E-state index in [1.165, 1.54) is 11.1 Å². The van der Waals surface area contributed by atoms with E-state index < -0.39 is 0 Å². The van der Waals surface area contributed by atoms with Crippen molar-refractivity contribution >= 4 is 5.91 Å². The van der Waals surface area contributed by atoms with Gasteiger partial charge in [-0.15, -0.1) is 0 Å². The van der Waals surface area contributed by atoms with Gasteiger partial charge in [0.1, 0.15) is 5.76 Å². The highest BCUT2D eigenvalue weighted by Crippen LogP contribution is 2.22. The minimum Gasteiger partial charge on any atom is -0.361 e. The lowest BCUT2D eigenvalue weighted by Gasteiger charge is -2.19. The van der Waals surface area contributed by atoms with E-state index in [9.17, 15) is 4.79 Å². The van der Waals surface area contributed by atoms with Crippen LogP contribution in [0.3, 0.4) is 0 Å². The Labute approximate surface area is 125 Å². The first-order chi connectivity index (χ1) is 9.86. The van der Waals surface area contributed by atoms with Crippen LogP contribution in [0.4, 0.5) is 0 Å². The minimum absolute atomic E-state index is 0.164. The molecule has 0 aliphatic carbocycles. The Hall–Kier alpha value is -2.10. The molecule has 1 aromatic carbocycles. The topological polar surface area (TPSA) is 55.1 Å². The number of carbonyl (C=O) groups excluding carboxylic acids is 1. The van der Waals surface area contributed by atoms with Crippen molar-refractivity contribution in [2.75, 3.05) is 6.54 Å². The second-order valence-corrected chi connectivity index (χ2v) is 6.28. The summed E-state index contributed by atoms with van der Waals surface area (Å²) >= 11 is 0. The first kappa shape index (κ1) is 15.3. The zero-order valence-corrected chi connectivity index (χ0v) is 13.1. The van der Waals surface area contributed by atoms with Crippen LogP contribution in [-0.4, -0.2) is 17.6 Å². The molecular formula is C17H22N2O2. The van der Waals surface area contributed by atoms with E-state index in [1.54, 1.807) is 13.0 Å². The van der Waals surface area contributed by atoms with Gasteiger partial charge in [0.05, 0.1) is 0 Å². The predicted octanol–water partition coefficient (Wildman–Crippen LogP) is 3.25. The Balaban J connectivity index is 1.85. The highest BCUT2D eigenvalue weighted by molar-refractivity contribution is 5.92. The lowest BCUT2D eigenvalue weighted by Crippen LogP contribution is -2.25. The fourth-order valence-corrected chi connectivity index (χ4v) is 2.06. The SMILES string of the molecule is Cc1cc(C(=O)NCCc2ccc(C(C)(C)C)cc2)no1. The molecule has 0 saturated carbocycles. The van der Waals surface area contributed by atoms with Gasteiger partial charge in [-0.1, -0.05) is 50.2 Å². The van der Waals surface area contributed by atoms with Crippen molar-refractivity contribution in [2.45, 2.75) is 39.5 Å². The molecule has 112 valence electrons. The monoisotopic (exact) mass is 286 g/mol. The maximum Gasteiger partial charge on any atom is 0.273 e.